The first-order valence-corrected chi connectivity index (χ1v) is 8.23. The number of benzene rings is 2. The number of carbonyl (C=O) groups excluding carboxylic acids is 1. The Morgan fingerprint density at radius 2 is 1.62 bits per heavy atom. The summed E-state index contributed by atoms with van der Waals surface area (Å²) in [5.41, 5.74) is 2.53. The molecule has 1 N–H and O–H groups in total. The van der Waals surface area contributed by atoms with Gasteiger partial charge in [0, 0.05) is 11.6 Å². The summed E-state index contributed by atoms with van der Waals surface area (Å²) in [4.78, 5) is 12.8. The third kappa shape index (κ3) is 4.72. The number of methoxy groups -OCH3 is 1. The van der Waals surface area contributed by atoms with Crippen molar-refractivity contribution in [2.45, 2.75) is 26.8 Å². The average molecular weight is 323 g/mol. The zero-order chi connectivity index (χ0) is 17.5. The minimum Gasteiger partial charge on any atom is -0.497 e. The first kappa shape index (κ1) is 17.8. The van der Waals surface area contributed by atoms with Gasteiger partial charge in [0.15, 0.2) is 0 Å². The highest BCUT2D eigenvalue weighted by Crippen LogP contribution is 2.21. The van der Waals surface area contributed by atoms with Crippen molar-refractivity contribution in [1.29, 1.82) is 0 Å². The van der Waals surface area contributed by atoms with Crippen LogP contribution in [0.25, 0.3) is 11.6 Å². The van der Waals surface area contributed by atoms with Crippen molar-refractivity contribution in [3.63, 3.8) is 0 Å². The fraction of sp³-hybridized carbons (Fsp3) is 0.286. The summed E-state index contributed by atoms with van der Waals surface area (Å²) in [5, 5.41) is 3.09. The Kier molecular flexibility index (Phi) is 6.19. The Labute approximate surface area is 144 Å². The summed E-state index contributed by atoms with van der Waals surface area (Å²) in [5.74, 6) is 1.12. The van der Waals surface area contributed by atoms with Gasteiger partial charge in [-0.05, 0) is 42.2 Å². The molecule has 0 heterocycles. The number of nitrogens with one attached hydrogen (secondary N) is 1. The predicted octanol–water partition coefficient (Wildman–Crippen LogP) is 4.40. The first-order valence-electron chi connectivity index (χ1n) is 8.23. The van der Waals surface area contributed by atoms with E-state index >= 15 is 0 Å². The van der Waals surface area contributed by atoms with Crippen LogP contribution in [0.1, 0.15) is 31.9 Å². The van der Waals surface area contributed by atoms with Gasteiger partial charge < -0.3 is 10.1 Å². The number of ether oxygens (including phenoxy) is 1. The van der Waals surface area contributed by atoms with Crippen LogP contribution in [0.4, 0.5) is 0 Å². The Hall–Kier alpha value is -2.55. The monoisotopic (exact) mass is 323 g/mol. The molecule has 1 amide bonds. The lowest BCUT2D eigenvalue weighted by Gasteiger charge is -2.19. The van der Waals surface area contributed by atoms with Crippen LogP contribution in [0.3, 0.4) is 0 Å². The highest BCUT2D eigenvalue weighted by molar-refractivity contribution is 6.24. The van der Waals surface area contributed by atoms with E-state index in [2.05, 4.69) is 19.2 Å². The van der Waals surface area contributed by atoms with Crippen LogP contribution in [-0.2, 0) is 4.79 Å². The maximum Gasteiger partial charge on any atom is 0.252 e. The number of carbonyl (C=O) groups is 1. The maximum absolute atomic E-state index is 12.8. The number of amides is 1. The second kappa shape index (κ2) is 8.34. The molecule has 2 aromatic carbocycles. The molecule has 0 spiro atoms. The van der Waals surface area contributed by atoms with Crippen molar-refractivity contribution in [2.24, 2.45) is 5.92 Å². The van der Waals surface area contributed by atoms with E-state index in [-0.39, 0.29) is 11.9 Å². The summed E-state index contributed by atoms with van der Waals surface area (Å²) in [6.45, 7) is 6.22. The molecule has 0 saturated heterocycles. The van der Waals surface area contributed by atoms with Gasteiger partial charge >= 0.3 is 0 Å². The SMILES string of the molecule is COc1ccc(/C=C(/C(=O)N[C@@H](C)C(C)C)c2ccccc2)cc1. The van der Waals surface area contributed by atoms with Gasteiger partial charge in [0.2, 0.25) is 0 Å². The molecule has 3 nitrogen and oxygen atoms in total. The second-order valence-corrected chi connectivity index (χ2v) is 6.20. The number of hydrogen-bond acceptors (Lipinski definition) is 2. The van der Waals surface area contributed by atoms with Gasteiger partial charge in [0.05, 0.1) is 7.11 Å². The molecule has 2 aromatic rings. The Morgan fingerprint density at radius 3 is 2.17 bits per heavy atom. The average Bonchev–Trinajstić information content (AvgIpc) is 2.60. The summed E-state index contributed by atoms with van der Waals surface area (Å²) >= 11 is 0. The molecule has 0 fully saturated rings. The van der Waals surface area contributed by atoms with Gasteiger partial charge in [0.1, 0.15) is 5.75 Å². The normalized spacial score (nSPS) is 12.8. The summed E-state index contributed by atoms with van der Waals surface area (Å²) < 4.78 is 5.19. The Bertz CT molecular complexity index is 688. The lowest BCUT2D eigenvalue weighted by Crippen LogP contribution is -2.36. The van der Waals surface area contributed by atoms with E-state index < -0.39 is 0 Å². The standard InChI is InChI=1S/C21H25NO2/c1-15(2)16(3)22-21(23)20(18-8-6-5-7-9-18)14-17-10-12-19(24-4)13-11-17/h5-16H,1-4H3,(H,22,23)/b20-14+/t16-/m0/s1. The van der Waals surface area contributed by atoms with Crippen molar-refractivity contribution in [1.82, 2.24) is 5.32 Å². The fourth-order valence-corrected chi connectivity index (χ4v) is 2.22. The lowest BCUT2D eigenvalue weighted by molar-refractivity contribution is -0.116. The molecular formula is C21H25NO2. The van der Waals surface area contributed by atoms with E-state index in [0.717, 1.165) is 16.9 Å². The molecule has 2 rings (SSSR count). The van der Waals surface area contributed by atoms with Crippen molar-refractivity contribution in [3.8, 4) is 5.75 Å². The molecule has 0 aliphatic rings. The molecule has 0 radical (unpaired) electrons. The molecule has 3 heteroatoms. The maximum atomic E-state index is 12.8. The minimum atomic E-state index is -0.0572. The van der Waals surface area contributed by atoms with E-state index in [4.69, 9.17) is 4.74 Å². The molecule has 1 atom stereocenters. The van der Waals surface area contributed by atoms with Crippen molar-refractivity contribution in [3.05, 3.63) is 65.7 Å². The third-order valence-electron chi connectivity index (χ3n) is 4.11. The molecule has 0 aliphatic carbocycles. The molecule has 126 valence electrons. The van der Waals surface area contributed by atoms with Gasteiger partial charge in [-0.1, -0.05) is 56.3 Å². The first-order chi connectivity index (χ1) is 11.5. The zero-order valence-corrected chi connectivity index (χ0v) is 14.7. The van der Waals surface area contributed by atoms with Gasteiger partial charge in [-0.2, -0.15) is 0 Å². The number of rotatable bonds is 6. The van der Waals surface area contributed by atoms with Crippen LogP contribution in [0.15, 0.2) is 54.6 Å². The largest absolute Gasteiger partial charge is 0.497 e. The predicted molar refractivity (Wildman–Crippen MR) is 99.7 cm³/mol. The van der Waals surface area contributed by atoms with Crippen molar-refractivity contribution in [2.75, 3.05) is 7.11 Å². The summed E-state index contributed by atoms with van der Waals surface area (Å²) in [6, 6.07) is 17.5. The molecule has 0 saturated carbocycles. The molecule has 0 bridgehead atoms. The van der Waals surface area contributed by atoms with Gasteiger partial charge in [-0.15, -0.1) is 0 Å². The minimum absolute atomic E-state index is 0.0572. The molecule has 0 aliphatic heterocycles. The molecule has 0 unspecified atom stereocenters. The van der Waals surface area contributed by atoms with Crippen LogP contribution >= 0.6 is 0 Å². The van der Waals surface area contributed by atoms with E-state index in [1.165, 1.54) is 0 Å². The van der Waals surface area contributed by atoms with Crippen molar-refractivity contribution < 1.29 is 9.53 Å². The second-order valence-electron chi connectivity index (χ2n) is 6.20. The highest BCUT2D eigenvalue weighted by atomic mass is 16.5. The van der Waals surface area contributed by atoms with Crippen LogP contribution in [0.5, 0.6) is 5.75 Å². The van der Waals surface area contributed by atoms with Gasteiger partial charge in [-0.3, -0.25) is 4.79 Å². The Morgan fingerprint density at radius 1 is 1.00 bits per heavy atom. The van der Waals surface area contributed by atoms with Crippen LogP contribution < -0.4 is 10.1 Å². The molecule has 0 aromatic heterocycles. The number of hydrogen-bond donors (Lipinski definition) is 1. The topological polar surface area (TPSA) is 38.3 Å². The quantitative estimate of drug-likeness (QED) is 0.632. The Balaban J connectivity index is 2.35. The van der Waals surface area contributed by atoms with Crippen LogP contribution in [0, 0.1) is 5.92 Å². The fourth-order valence-electron chi connectivity index (χ4n) is 2.22. The lowest BCUT2D eigenvalue weighted by atomic mass is 10.00. The van der Waals surface area contributed by atoms with Crippen LogP contribution in [0.2, 0.25) is 0 Å². The van der Waals surface area contributed by atoms with E-state index in [1.54, 1.807) is 7.11 Å². The zero-order valence-electron chi connectivity index (χ0n) is 14.7. The van der Waals surface area contributed by atoms with E-state index in [0.29, 0.717) is 11.5 Å². The van der Waals surface area contributed by atoms with Crippen LogP contribution in [-0.4, -0.2) is 19.1 Å². The molecule has 24 heavy (non-hydrogen) atoms. The van der Waals surface area contributed by atoms with Gasteiger partial charge in [-0.25, -0.2) is 0 Å². The highest BCUT2D eigenvalue weighted by Gasteiger charge is 2.16. The summed E-state index contributed by atoms with van der Waals surface area (Å²) in [6.07, 6.45) is 1.91. The van der Waals surface area contributed by atoms with E-state index in [9.17, 15) is 4.79 Å². The smallest absolute Gasteiger partial charge is 0.252 e. The third-order valence-corrected chi connectivity index (χ3v) is 4.11. The molecular weight excluding hydrogens is 298 g/mol. The van der Waals surface area contributed by atoms with Crippen molar-refractivity contribution >= 4 is 17.6 Å². The van der Waals surface area contributed by atoms with E-state index in [1.807, 2.05) is 67.6 Å². The summed E-state index contributed by atoms with van der Waals surface area (Å²) in [7, 11) is 1.64. The van der Waals surface area contributed by atoms with Gasteiger partial charge in [0.25, 0.3) is 5.91 Å².